The number of carboxylic acids is 1. The van der Waals surface area contributed by atoms with Gasteiger partial charge in [0.1, 0.15) is 5.82 Å². The average Bonchev–Trinajstić information content (AvgIpc) is 3.03. The Labute approximate surface area is 175 Å². The van der Waals surface area contributed by atoms with Gasteiger partial charge in [0.05, 0.1) is 24.1 Å². The fourth-order valence-electron chi connectivity index (χ4n) is 3.22. The third kappa shape index (κ3) is 4.36. The van der Waals surface area contributed by atoms with E-state index in [-0.39, 0.29) is 11.3 Å². The van der Waals surface area contributed by atoms with E-state index in [1.807, 2.05) is 51.1 Å². The molecule has 0 bridgehead atoms. The highest BCUT2D eigenvalue weighted by molar-refractivity contribution is 5.95. The van der Waals surface area contributed by atoms with Gasteiger partial charge in [0.25, 0.3) is 0 Å². The van der Waals surface area contributed by atoms with Crippen LogP contribution in [0.3, 0.4) is 0 Å². The van der Waals surface area contributed by atoms with Crippen LogP contribution < -0.4 is 5.69 Å². The first-order chi connectivity index (χ1) is 14.2. The first kappa shape index (κ1) is 21.1. The smallest absolute Gasteiger partial charge is 0.346 e. The third-order valence-electron chi connectivity index (χ3n) is 4.76. The van der Waals surface area contributed by atoms with E-state index in [1.54, 1.807) is 29.7 Å². The van der Waals surface area contributed by atoms with Crippen LogP contribution in [-0.2, 0) is 18.5 Å². The molecule has 0 aliphatic rings. The number of carbonyl (C=O) groups is 1. The predicted molar refractivity (Wildman–Crippen MR) is 117 cm³/mol. The summed E-state index contributed by atoms with van der Waals surface area (Å²) in [6.45, 7) is 7.95. The van der Waals surface area contributed by atoms with Gasteiger partial charge in [-0.2, -0.15) is 5.10 Å². The molecule has 0 saturated carbocycles. The van der Waals surface area contributed by atoms with Crippen LogP contribution in [0.2, 0.25) is 0 Å². The second-order valence-electron chi connectivity index (χ2n) is 8.02. The van der Waals surface area contributed by atoms with Crippen molar-refractivity contribution in [2.45, 2.75) is 46.2 Å². The summed E-state index contributed by atoms with van der Waals surface area (Å²) in [5.74, 6) is 5.51. The minimum absolute atomic E-state index is 0.171. The molecule has 1 aromatic heterocycles. The van der Waals surface area contributed by atoms with Gasteiger partial charge < -0.3 is 5.11 Å². The third-order valence-corrected chi connectivity index (χ3v) is 4.76. The van der Waals surface area contributed by atoms with Crippen molar-refractivity contribution in [1.82, 2.24) is 14.3 Å². The molecular weight excluding hydrogens is 378 g/mol. The van der Waals surface area contributed by atoms with Gasteiger partial charge in [-0.05, 0) is 50.5 Å². The zero-order valence-corrected chi connectivity index (χ0v) is 17.6. The molecule has 0 aliphatic heterocycles. The number of aromatic nitrogens is 3. The maximum Gasteiger partial charge on any atom is 0.346 e. The summed E-state index contributed by atoms with van der Waals surface area (Å²) < 4.78 is 3.15. The van der Waals surface area contributed by atoms with E-state index in [1.165, 1.54) is 4.68 Å². The summed E-state index contributed by atoms with van der Waals surface area (Å²) >= 11 is 0. The number of carboxylic acid groups (broad SMARTS) is 1. The van der Waals surface area contributed by atoms with Gasteiger partial charge in [-0.15, -0.1) is 5.92 Å². The van der Waals surface area contributed by atoms with Crippen molar-refractivity contribution in [3.8, 4) is 23.0 Å². The van der Waals surface area contributed by atoms with Crippen molar-refractivity contribution in [3.63, 3.8) is 0 Å². The molecule has 1 N–H and O–H groups in total. The summed E-state index contributed by atoms with van der Waals surface area (Å²) in [6.07, 6.45) is 0.402. The van der Waals surface area contributed by atoms with Crippen molar-refractivity contribution in [3.05, 3.63) is 76.0 Å². The Hall–Kier alpha value is -3.59. The zero-order chi connectivity index (χ0) is 21.9. The van der Waals surface area contributed by atoms with E-state index >= 15 is 0 Å². The highest BCUT2D eigenvalue weighted by Crippen LogP contribution is 2.24. The molecule has 0 unspecified atom stereocenters. The van der Waals surface area contributed by atoms with E-state index in [0.717, 1.165) is 11.1 Å². The van der Waals surface area contributed by atoms with Crippen LogP contribution >= 0.6 is 0 Å². The Kier molecular flexibility index (Phi) is 5.93. The van der Waals surface area contributed by atoms with Crippen molar-refractivity contribution < 1.29 is 9.90 Å². The Bertz CT molecular complexity index is 1180. The molecule has 6 nitrogen and oxygen atoms in total. The van der Waals surface area contributed by atoms with Crippen LogP contribution in [0, 0.1) is 11.8 Å². The number of hydrogen-bond acceptors (Lipinski definition) is 3. The highest BCUT2D eigenvalue weighted by atomic mass is 16.4. The van der Waals surface area contributed by atoms with E-state index in [2.05, 4.69) is 16.9 Å². The molecule has 2 aromatic carbocycles. The summed E-state index contributed by atoms with van der Waals surface area (Å²) in [6, 6.07) is 14.5. The molecule has 0 radical (unpaired) electrons. The summed E-state index contributed by atoms with van der Waals surface area (Å²) in [7, 11) is 0. The summed E-state index contributed by atoms with van der Waals surface area (Å²) in [5, 5.41) is 13.9. The lowest BCUT2D eigenvalue weighted by molar-refractivity contribution is 0.0697. The molecule has 3 aromatic rings. The number of benzene rings is 2. The molecular formula is C24H25N3O3. The first-order valence-electron chi connectivity index (χ1n) is 9.73. The second-order valence-corrected chi connectivity index (χ2v) is 8.02. The molecule has 0 saturated heterocycles. The van der Waals surface area contributed by atoms with Crippen molar-refractivity contribution in [1.29, 1.82) is 0 Å². The van der Waals surface area contributed by atoms with Crippen LogP contribution in [0.5, 0.6) is 0 Å². The van der Waals surface area contributed by atoms with E-state index < -0.39 is 11.5 Å². The quantitative estimate of drug-likeness (QED) is 0.658. The molecule has 0 amide bonds. The summed E-state index contributed by atoms with van der Waals surface area (Å²) in [4.78, 5) is 24.5. The SMILES string of the molecule is CC#CCc1nn(C(C)(C)C)c(=O)n1Cc1ccc(-c2ccccc2C(=O)O)cc1. The van der Waals surface area contributed by atoms with Crippen LogP contribution in [0.15, 0.2) is 53.3 Å². The number of aromatic carboxylic acids is 1. The normalized spacial score (nSPS) is 11.1. The average molecular weight is 403 g/mol. The van der Waals surface area contributed by atoms with Crippen molar-refractivity contribution >= 4 is 5.97 Å². The Morgan fingerprint density at radius 1 is 1.10 bits per heavy atom. The first-order valence-corrected chi connectivity index (χ1v) is 9.73. The molecule has 0 fully saturated rings. The maximum atomic E-state index is 13.0. The standard InChI is InChI=1S/C24H25N3O3/c1-5-6-11-21-25-27(24(2,3)4)23(30)26(21)16-17-12-14-18(15-13-17)19-9-7-8-10-20(19)22(28)29/h7-10,12-15H,11,16H2,1-4H3,(H,28,29). The molecule has 0 atom stereocenters. The van der Waals surface area contributed by atoms with Gasteiger partial charge >= 0.3 is 11.7 Å². The Morgan fingerprint density at radius 3 is 2.37 bits per heavy atom. The lowest BCUT2D eigenvalue weighted by Crippen LogP contribution is -2.36. The fraction of sp³-hybridized carbons (Fsp3) is 0.292. The summed E-state index contributed by atoms with van der Waals surface area (Å²) in [5.41, 5.74) is 2.05. The maximum absolute atomic E-state index is 13.0. The molecule has 3 rings (SSSR count). The van der Waals surface area contributed by atoms with Crippen molar-refractivity contribution in [2.75, 3.05) is 0 Å². The lowest BCUT2D eigenvalue weighted by Gasteiger charge is -2.16. The largest absolute Gasteiger partial charge is 0.478 e. The minimum atomic E-state index is -0.961. The monoisotopic (exact) mass is 403 g/mol. The van der Waals surface area contributed by atoms with Gasteiger partial charge in [0, 0.05) is 0 Å². The van der Waals surface area contributed by atoms with E-state index in [9.17, 15) is 14.7 Å². The highest BCUT2D eigenvalue weighted by Gasteiger charge is 2.22. The lowest BCUT2D eigenvalue weighted by atomic mass is 9.99. The zero-order valence-electron chi connectivity index (χ0n) is 17.6. The van der Waals surface area contributed by atoms with Gasteiger partial charge in [-0.25, -0.2) is 14.3 Å². The van der Waals surface area contributed by atoms with Crippen LogP contribution in [0.4, 0.5) is 0 Å². The molecule has 0 spiro atoms. The molecule has 154 valence electrons. The fourth-order valence-corrected chi connectivity index (χ4v) is 3.22. The van der Waals surface area contributed by atoms with Crippen LogP contribution in [0.25, 0.3) is 11.1 Å². The molecule has 1 heterocycles. The Balaban J connectivity index is 1.96. The van der Waals surface area contributed by atoms with Gasteiger partial charge in [-0.1, -0.05) is 48.4 Å². The van der Waals surface area contributed by atoms with Crippen LogP contribution in [-0.4, -0.2) is 25.4 Å². The number of nitrogens with zero attached hydrogens (tertiary/aromatic N) is 3. The Morgan fingerprint density at radius 2 is 1.77 bits per heavy atom. The minimum Gasteiger partial charge on any atom is -0.478 e. The number of hydrogen-bond donors (Lipinski definition) is 1. The molecule has 0 aliphatic carbocycles. The molecule has 30 heavy (non-hydrogen) atoms. The van der Waals surface area contributed by atoms with E-state index in [4.69, 9.17) is 0 Å². The molecule has 6 heteroatoms. The second kappa shape index (κ2) is 8.42. The topological polar surface area (TPSA) is 77.1 Å². The predicted octanol–water partition coefficient (Wildman–Crippen LogP) is 3.78. The van der Waals surface area contributed by atoms with Gasteiger partial charge in [0.15, 0.2) is 0 Å². The number of rotatable bonds is 5. The van der Waals surface area contributed by atoms with Crippen LogP contribution in [0.1, 0.15) is 49.4 Å². The van der Waals surface area contributed by atoms with Crippen molar-refractivity contribution in [2.24, 2.45) is 0 Å². The van der Waals surface area contributed by atoms with Gasteiger partial charge in [0.2, 0.25) is 0 Å². The van der Waals surface area contributed by atoms with E-state index in [0.29, 0.717) is 24.4 Å². The van der Waals surface area contributed by atoms with Gasteiger partial charge in [-0.3, -0.25) is 4.57 Å².